The molecule has 0 radical (unpaired) electrons. The highest BCUT2D eigenvalue weighted by Crippen LogP contribution is 2.22. The third-order valence-electron chi connectivity index (χ3n) is 3.72. The zero-order valence-electron chi connectivity index (χ0n) is 11.3. The largest absolute Gasteiger partial charge is 0.315 e. The van der Waals surface area contributed by atoms with Gasteiger partial charge in [-0.2, -0.15) is 11.8 Å². The topological polar surface area (TPSA) is 15.3 Å². The Morgan fingerprint density at radius 2 is 2.37 bits per heavy atom. The summed E-state index contributed by atoms with van der Waals surface area (Å²) < 4.78 is 13.2. The third-order valence-corrected chi connectivity index (χ3v) is 5.06. The second-order valence-corrected chi connectivity index (χ2v) is 6.53. The van der Waals surface area contributed by atoms with Crippen LogP contribution in [0.25, 0.3) is 0 Å². The van der Waals surface area contributed by atoms with Gasteiger partial charge in [0, 0.05) is 30.1 Å². The molecule has 0 aliphatic carbocycles. The van der Waals surface area contributed by atoms with E-state index in [-0.39, 0.29) is 10.8 Å². The highest BCUT2D eigenvalue weighted by molar-refractivity contribution is 7.99. The SMILES string of the molecule is CNC(Cc1ccc(F)c(Cl)c1)C1CSCCN1C. The van der Waals surface area contributed by atoms with E-state index in [2.05, 4.69) is 17.3 Å². The molecule has 0 bridgehead atoms. The number of benzene rings is 1. The van der Waals surface area contributed by atoms with E-state index >= 15 is 0 Å². The monoisotopic (exact) mass is 302 g/mol. The molecule has 0 saturated carbocycles. The number of hydrogen-bond acceptors (Lipinski definition) is 3. The molecule has 1 heterocycles. The van der Waals surface area contributed by atoms with E-state index in [0.717, 1.165) is 24.3 Å². The minimum atomic E-state index is -0.350. The molecule has 1 aromatic carbocycles. The molecule has 0 aromatic heterocycles. The van der Waals surface area contributed by atoms with Gasteiger partial charge in [0.15, 0.2) is 0 Å². The van der Waals surface area contributed by atoms with Crippen molar-refractivity contribution in [3.8, 4) is 0 Å². The fourth-order valence-electron chi connectivity index (χ4n) is 2.48. The molecule has 0 amide bonds. The highest BCUT2D eigenvalue weighted by atomic mass is 35.5. The molecule has 1 fully saturated rings. The van der Waals surface area contributed by atoms with Crippen molar-refractivity contribution in [2.24, 2.45) is 0 Å². The van der Waals surface area contributed by atoms with Gasteiger partial charge in [-0.3, -0.25) is 0 Å². The van der Waals surface area contributed by atoms with Crippen LogP contribution in [-0.4, -0.2) is 49.1 Å². The Morgan fingerprint density at radius 1 is 1.58 bits per heavy atom. The molecule has 106 valence electrons. The van der Waals surface area contributed by atoms with E-state index in [0.29, 0.717) is 12.1 Å². The number of nitrogens with one attached hydrogen (secondary N) is 1. The lowest BCUT2D eigenvalue weighted by Gasteiger charge is -2.37. The van der Waals surface area contributed by atoms with Gasteiger partial charge in [0.2, 0.25) is 0 Å². The first-order chi connectivity index (χ1) is 9.11. The molecule has 0 spiro atoms. The van der Waals surface area contributed by atoms with E-state index in [9.17, 15) is 4.39 Å². The van der Waals surface area contributed by atoms with Crippen molar-refractivity contribution in [1.29, 1.82) is 0 Å². The van der Waals surface area contributed by atoms with Crippen LogP contribution >= 0.6 is 23.4 Å². The molecule has 1 N–H and O–H groups in total. The smallest absolute Gasteiger partial charge is 0.141 e. The van der Waals surface area contributed by atoms with Crippen LogP contribution in [-0.2, 0) is 6.42 Å². The van der Waals surface area contributed by atoms with Gasteiger partial charge in [0.05, 0.1) is 5.02 Å². The lowest BCUT2D eigenvalue weighted by atomic mass is 9.99. The van der Waals surface area contributed by atoms with Gasteiger partial charge < -0.3 is 10.2 Å². The Labute approximate surface area is 123 Å². The van der Waals surface area contributed by atoms with E-state index in [1.165, 1.54) is 11.8 Å². The predicted octanol–water partition coefficient (Wildman–Crippen LogP) is 2.66. The summed E-state index contributed by atoms with van der Waals surface area (Å²) in [4.78, 5) is 2.41. The Morgan fingerprint density at radius 3 is 3.00 bits per heavy atom. The molecule has 1 aliphatic heterocycles. The maximum atomic E-state index is 13.2. The standard InChI is InChI=1S/C14H20ClFN2S/c1-17-13(14-9-19-6-5-18(14)2)8-10-3-4-12(16)11(15)7-10/h3-4,7,13-14,17H,5-6,8-9H2,1-2H3. The van der Waals surface area contributed by atoms with E-state index in [4.69, 9.17) is 11.6 Å². The van der Waals surface area contributed by atoms with Crippen molar-refractivity contribution in [2.75, 3.05) is 32.1 Å². The quantitative estimate of drug-likeness (QED) is 0.920. The first-order valence-electron chi connectivity index (χ1n) is 6.51. The number of halogens is 2. The van der Waals surface area contributed by atoms with Crippen molar-refractivity contribution >= 4 is 23.4 Å². The summed E-state index contributed by atoms with van der Waals surface area (Å²) >= 11 is 7.84. The molecule has 2 rings (SSSR count). The highest BCUT2D eigenvalue weighted by Gasteiger charge is 2.27. The average molecular weight is 303 g/mol. The van der Waals surface area contributed by atoms with E-state index in [1.807, 2.05) is 24.9 Å². The first kappa shape index (κ1) is 15.1. The second kappa shape index (κ2) is 6.93. The lowest BCUT2D eigenvalue weighted by molar-refractivity contribution is 0.219. The molecule has 2 atom stereocenters. The second-order valence-electron chi connectivity index (χ2n) is 4.97. The van der Waals surface area contributed by atoms with Crippen molar-refractivity contribution in [3.63, 3.8) is 0 Å². The fourth-order valence-corrected chi connectivity index (χ4v) is 4.00. The zero-order chi connectivity index (χ0) is 13.8. The van der Waals surface area contributed by atoms with Gasteiger partial charge in [-0.1, -0.05) is 17.7 Å². The molecule has 2 unspecified atom stereocenters. The fraction of sp³-hybridized carbons (Fsp3) is 0.571. The van der Waals surface area contributed by atoms with Crippen LogP contribution in [0.5, 0.6) is 0 Å². The minimum absolute atomic E-state index is 0.207. The molecule has 1 aromatic rings. The summed E-state index contributed by atoms with van der Waals surface area (Å²) in [6.07, 6.45) is 0.867. The molecule has 2 nitrogen and oxygen atoms in total. The zero-order valence-corrected chi connectivity index (χ0v) is 12.9. The molecule has 5 heteroatoms. The average Bonchev–Trinajstić information content (AvgIpc) is 2.41. The van der Waals surface area contributed by atoms with Gasteiger partial charge in [-0.25, -0.2) is 4.39 Å². The number of thioether (sulfide) groups is 1. The van der Waals surface area contributed by atoms with Crippen molar-refractivity contribution in [2.45, 2.75) is 18.5 Å². The van der Waals surface area contributed by atoms with E-state index < -0.39 is 0 Å². The Bertz CT molecular complexity index is 430. The summed E-state index contributed by atoms with van der Waals surface area (Å²) in [5, 5.41) is 3.60. The van der Waals surface area contributed by atoms with Crippen LogP contribution in [0.4, 0.5) is 4.39 Å². The number of likely N-dealkylation sites (N-methyl/N-ethyl adjacent to an activating group) is 2. The number of rotatable bonds is 4. The van der Waals surface area contributed by atoms with Gasteiger partial charge in [-0.15, -0.1) is 0 Å². The summed E-state index contributed by atoms with van der Waals surface area (Å²) in [6, 6.07) is 5.87. The molecule has 1 saturated heterocycles. The van der Waals surface area contributed by atoms with Gasteiger partial charge >= 0.3 is 0 Å². The van der Waals surface area contributed by atoms with Crippen LogP contribution in [0, 0.1) is 5.82 Å². The minimum Gasteiger partial charge on any atom is -0.315 e. The van der Waals surface area contributed by atoms with E-state index in [1.54, 1.807) is 6.07 Å². The van der Waals surface area contributed by atoms with Gasteiger partial charge in [-0.05, 0) is 38.2 Å². The number of nitrogens with zero attached hydrogens (tertiary/aromatic N) is 1. The molecule has 1 aliphatic rings. The Kier molecular flexibility index (Phi) is 5.51. The lowest BCUT2D eigenvalue weighted by Crippen LogP contribution is -2.52. The Hall–Kier alpha value is -0.290. The summed E-state index contributed by atoms with van der Waals surface area (Å²) in [5.74, 6) is 1.99. The van der Waals surface area contributed by atoms with Crippen LogP contribution in [0.3, 0.4) is 0 Å². The van der Waals surface area contributed by atoms with Gasteiger partial charge in [0.1, 0.15) is 5.82 Å². The summed E-state index contributed by atoms with van der Waals surface area (Å²) in [5.41, 5.74) is 1.08. The van der Waals surface area contributed by atoms with Crippen LogP contribution in [0.15, 0.2) is 18.2 Å². The van der Waals surface area contributed by atoms with Crippen LogP contribution < -0.4 is 5.32 Å². The normalized spacial score (nSPS) is 22.4. The third kappa shape index (κ3) is 3.85. The maximum absolute atomic E-state index is 13.2. The summed E-state index contributed by atoms with van der Waals surface area (Å²) in [7, 11) is 4.16. The van der Waals surface area contributed by atoms with Crippen molar-refractivity contribution < 1.29 is 4.39 Å². The van der Waals surface area contributed by atoms with Crippen molar-refractivity contribution in [3.05, 3.63) is 34.6 Å². The van der Waals surface area contributed by atoms with Crippen LogP contribution in [0.2, 0.25) is 5.02 Å². The molecular weight excluding hydrogens is 283 g/mol. The predicted molar refractivity (Wildman–Crippen MR) is 81.7 cm³/mol. The number of hydrogen-bond donors (Lipinski definition) is 1. The van der Waals surface area contributed by atoms with Crippen LogP contribution in [0.1, 0.15) is 5.56 Å². The maximum Gasteiger partial charge on any atom is 0.141 e. The van der Waals surface area contributed by atoms with Crippen molar-refractivity contribution in [1.82, 2.24) is 10.2 Å². The Balaban J connectivity index is 2.07. The summed E-state index contributed by atoms with van der Waals surface area (Å²) in [6.45, 7) is 1.12. The van der Waals surface area contributed by atoms with Gasteiger partial charge in [0.25, 0.3) is 0 Å². The molecular formula is C14H20ClFN2S. The first-order valence-corrected chi connectivity index (χ1v) is 8.04. The molecule has 19 heavy (non-hydrogen) atoms.